The summed E-state index contributed by atoms with van der Waals surface area (Å²) in [6.07, 6.45) is 6.94. The fraction of sp³-hybridized carbons (Fsp3) is 0.700. The molecule has 62 valence electrons. The van der Waals surface area contributed by atoms with Crippen molar-refractivity contribution in [1.29, 1.82) is 0 Å². The van der Waals surface area contributed by atoms with Crippen molar-refractivity contribution >= 4 is 5.78 Å². The largest absolute Gasteiger partial charge is 0.295 e. The van der Waals surface area contributed by atoms with Gasteiger partial charge in [0, 0.05) is 6.42 Å². The minimum atomic E-state index is 0.295. The third kappa shape index (κ3) is 2.87. The summed E-state index contributed by atoms with van der Waals surface area (Å²) in [6, 6.07) is 0. The first-order chi connectivity index (χ1) is 5.18. The van der Waals surface area contributed by atoms with Gasteiger partial charge in [-0.15, -0.1) is 0 Å². The van der Waals surface area contributed by atoms with Gasteiger partial charge < -0.3 is 0 Å². The van der Waals surface area contributed by atoms with Crippen LogP contribution < -0.4 is 0 Å². The molecule has 0 saturated carbocycles. The molecule has 2 unspecified atom stereocenters. The second-order valence-electron chi connectivity index (χ2n) is 3.69. The first-order valence-corrected chi connectivity index (χ1v) is 4.39. The van der Waals surface area contributed by atoms with E-state index in [4.69, 9.17) is 0 Å². The molecule has 0 aliphatic heterocycles. The average molecular weight is 152 g/mol. The van der Waals surface area contributed by atoms with Crippen LogP contribution in [0.5, 0.6) is 0 Å². The predicted octanol–water partition coefficient (Wildman–Crippen LogP) is 2.57. The van der Waals surface area contributed by atoms with E-state index < -0.39 is 0 Å². The highest BCUT2D eigenvalue weighted by molar-refractivity contribution is 5.89. The second kappa shape index (κ2) is 3.70. The van der Waals surface area contributed by atoms with Gasteiger partial charge in [-0.25, -0.2) is 0 Å². The van der Waals surface area contributed by atoms with Gasteiger partial charge >= 0.3 is 0 Å². The van der Waals surface area contributed by atoms with Gasteiger partial charge in [-0.3, -0.25) is 4.79 Å². The van der Waals surface area contributed by atoms with Crippen molar-refractivity contribution in [2.75, 3.05) is 0 Å². The second-order valence-corrected chi connectivity index (χ2v) is 3.69. The number of carbonyl (C=O) groups is 1. The number of carbonyl (C=O) groups excluding carboxylic acids is 1. The first-order valence-electron chi connectivity index (χ1n) is 4.39. The molecule has 0 spiro atoms. The summed E-state index contributed by atoms with van der Waals surface area (Å²) in [5, 5.41) is 0. The van der Waals surface area contributed by atoms with Gasteiger partial charge in [-0.1, -0.05) is 19.9 Å². The lowest BCUT2D eigenvalue weighted by molar-refractivity contribution is -0.115. The smallest absolute Gasteiger partial charge is 0.155 e. The van der Waals surface area contributed by atoms with Crippen LogP contribution in [0.1, 0.15) is 33.1 Å². The van der Waals surface area contributed by atoms with Gasteiger partial charge in [-0.05, 0) is 30.8 Å². The molecule has 1 nitrogen and oxygen atoms in total. The Hall–Kier alpha value is -0.590. The highest BCUT2D eigenvalue weighted by Crippen LogP contribution is 2.19. The molecule has 0 N–H and O–H groups in total. The zero-order valence-corrected chi connectivity index (χ0v) is 7.34. The minimum absolute atomic E-state index is 0.295. The molecule has 0 radical (unpaired) electrons. The molecule has 0 aromatic rings. The quantitative estimate of drug-likeness (QED) is 0.521. The Kier molecular flexibility index (Phi) is 2.86. The molecule has 1 heteroatoms. The molecule has 0 heterocycles. The number of rotatable bonds is 0. The standard InChI is InChI=1S/C10H16O/c1-8-3-4-9(2)7-10(11)6-5-8/h5-6,8-9H,3-4,7H2,1-2H3/b6-5-. The van der Waals surface area contributed by atoms with Crippen LogP contribution in [0.2, 0.25) is 0 Å². The third-order valence-corrected chi connectivity index (χ3v) is 2.28. The van der Waals surface area contributed by atoms with Gasteiger partial charge in [0.15, 0.2) is 5.78 Å². The number of hydrogen-bond donors (Lipinski definition) is 0. The Labute approximate surface area is 68.5 Å². The summed E-state index contributed by atoms with van der Waals surface area (Å²) in [7, 11) is 0. The van der Waals surface area contributed by atoms with Crippen molar-refractivity contribution in [2.24, 2.45) is 11.8 Å². The average Bonchev–Trinajstić information content (AvgIpc) is 1.95. The first kappa shape index (κ1) is 8.51. The van der Waals surface area contributed by atoms with E-state index in [0.29, 0.717) is 17.6 Å². The zero-order chi connectivity index (χ0) is 8.27. The van der Waals surface area contributed by atoms with E-state index in [-0.39, 0.29) is 0 Å². The van der Waals surface area contributed by atoms with Crippen LogP contribution in [0.4, 0.5) is 0 Å². The lowest BCUT2D eigenvalue weighted by Gasteiger charge is -2.14. The molecule has 2 atom stereocenters. The zero-order valence-electron chi connectivity index (χ0n) is 7.34. The van der Waals surface area contributed by atoms with Crippen molar-refractivity contribution in [3.63, 3.8) is 0 Å². The Bertz CT molecular complexity index is 170. The van der Waals surface area contributed by atoms with Gasteiger partial charge in [-0.2, -0.15) is 0 Å². The van der Waals surface area contributed by atoms with Crippen molar-refractivity contribution in [3.05, 3.63) is 12.2 Å². The van der Waals surface area contributed by atoms with Crippen LogP contribution in [0.25, 0.3) is 0 Å². The van der Waals surface area contributed by atoms with Crippen LogP contribution >= 0.6 is 0 Å². The van der Waals surface area contributed by atoms with Gasteiger partial charge in [0.2, 0.25) is 0 Å². The van der Waals surface area contributed by atoms with Crippen LogP contribution in [0.15, 0.2) is 12.2 Å². The Morgan fingerprint density at radius 1 is 1.36 bits per heavy atom. The van der Waals surface area contributed by atoms with Crippen LogP contribution in [0, 0.1) is 11.8 Å². The third-order valence-electron chi connectivity index (χ3n) is 2.28. The Morgan fingerprint density at radius 2 is 2.09 bits per heavy atom. The molecule has 0 bridgehead atoms. The molecule has 0 amide bonds. The maximum Gasteiger partial charge on any atom is 0.155 e. The number of hydrogen-bond acceptors (Lipinski definition) is 1. The van der Waals surface area contributed by atoms with Gasteiger partial charge in [0.1, 0.15) is 0 Å². The Morgan fingerprint density at radius 3 is 2.82 bits per heavy atom. The molecule has 1 rings (SSSR count). The van der Waals surface area contributed by atoms with Crippen LogP contribution in [-0.2, 0) is 4.79 Å². The van der Waals surface area contributed by atoms with Crippen molar-refractivity contribution in [3.8, 4) is 0 Å². The van der Waals surface area contributed by atoms with E-state index in [0.717, 1.165) is 6.42 Å². The van der Waals surface area contributed by atoms with Crippen molar-refractivity contribution < 1.29 is 4.79 Å². The van der Waals surface area contributed by atoms with E-state index in [1.54, 1.807) is 6.08 Å². The highest BCUT2D eigenvalue weighted by atomic mass is 16.1. The number of allylic oxidation sites excluding steroid dienone is 2. The Balaban J connectivity index is 2.57. The van der Waals surface area contributed by atoms with Crippen molar-refractivity contribution in [1.82, 2.24) is 0 Å². The molecule has 0 aromatic heterocycles. The fourth-order valence-electron chi connectivity index (χ4n) is 1.43. The molecule has 1 aliphatic rings. The van der Waals surface area contributed by atoms with E-state index >= 15 is 0 Å². The summed E-state index contributed by atoms with van der Waals surface area (Å²) in [5.41, 5.74) is 0. The molecule has 0 fully saturated rings. The highest BCUT2D eigenvalue weighted by Gasteiger charge is 2.11. The minimum Gasteiger partial charge on any atom is -0.295 e. The van der Waals surface area contributed by atoms with Crippen molar-refractivity contribution in [2.45, 2.75) is 33.1 Å². The van der Waals surface area contributed by atoms with Gasteiger partial charge in [0.05, 0.1) is 0 Å². The summed E-state index contributed by atoms with van der Waals surface area (Å²) in [4.78, 5) is 11.1. The normalized spacial score (nSPS) is 36.0. The summed E-state index contributed by atoms with van der Waals surface area (Å²) >= 11 is 0. The molecule has 11 heavy (non-hydrogen) atoms. The predicted molar refractivity (Wildman–Crippen MR) is 46.3 cm³/mol. The van der Waals surface area contributed by atoms with Crippen LogP contribution in [-0.4, -0.2) is 5.78 Å². The van der Waals surface area contributed by atoms with Crippen LogP contribution in [0.3, 0.4) is 0 Å². The lowest BCUT2D eigenvalue weighted by atomic mass is 9.91. The SMILES string of the molecule is CC1/C=C\C(=O)CC(C)CC1. The van der Waals surface area contributed by atoms with E-state index in [1.807, 2.05) is 6.08 Å². The molecule has 0 aromatic carbocycles. The maximum atomic E-state index is 11.1. The summed E-state index contributed by atoms with van der Waals surface area (Å²) in [6.45, 7) is 4.32. The fourth-order valence-corrected chi connectivity index (χ4v) is 1.43. The monoisotopic (exact) mass is 152 g/mol. The van der Waals surface area contributed by atoms with E-state index in [2.05, 4.69) is 13.8 Å². The molecule has 0 saturated heterocycles. The van der Waals surface area contributed by atoms with E-state index in [1.165, 1.54) is 12.8 Å². The summed E-state index contributed by atoms with van der Waals surface area (Å²) in [5.74, 6) is 1.46. The number of ketones is 1. The maximum absolute atomic E-state index is 11.1. The van der Waals surface area contributed by atoms with E-state index in [9.17, 15) is 4.79 Å². The van der Waals surface area contributed by atoms with Gasteiger partial charge in [0.25, 0.3) is 0 Å². The summed E-state index contributed by atoms with van der Waals surface area (Å²) < 4.78 is 0. The molecular formula is C10H16O. The molecular weight excluding hydrogens is 136 g/mol. The molecule has 1 aliphatic carbocycles. The lowest BCUT2D eigenvalue weighted by Crippen LogP contribution is -2.08. The topological polar surface area (TPSA) is 17.1 Å².